The highest BCUT2D eigenvalue weighted by molar-refractivity contribution is 6.03. The molecule has 0 bridgehead atoms. The lowest BCUT2D eigenvalue weighted by Gasteiger charge is -2.28. The highest BCUT2D eigenvalue weighted by Gasteiger charge is 2.52. The number of fused-ring (bicyclic) bond motifs is 1. The van der Waals surface area contributed by atoms with Crippen molar-refractivity contribution in [2.75, 3.05) is 18.8 Å². The summed E-state index contributed by atoms with van der Waals surface area (Å²) in [5, 5.41) is 4.12. The fraction of sp³-hybridized carbons (Fsp3) is 0.360. The van der Waals surface area contributed by atoms with Crippen molar-refractivity contribution in [2.24, 2.45) is 5.92 Å². The number of amides is 3. The highest BCUT2D eigenvalue weighted by Crippen LogP contribution is 2.27. The topological polar surface area (TPSA) is 125 Å². The van der Waals surface area contributed by atoms with E-state index < -0.39 is 29.9 Å². The molecule has 2 aliphatic heterocycles. The van der Waals surface area contributed by atoms with Crippen molar-refractivity contribution in [1.82, 2.24) is 20.7 Å². The molecule has 0 spiro atoms. The number of anilines is 1. The van der Waals surface area contributed by atoms with Gasteiger partial charge in [0.25, 0.3) is 17.7 Å². The number of carbonyl (C=O) groups is 4. The van der Waals surface area contributed by atoms with Crippen LogP contribution in [-0.4, -0.2) is 64.6 Å². The van der Waals surface area contributed by atoms with Gasteiger partial charge >= 0.3 is 0 Å². The van der Waals surface area contributed by atoms with Crippen molar-refractivity contribution in [1.29, 1.82) is 0 Å². The summed E-state index contributed by atoms with van der Waals surface area (Å²) < 4.78 is 0. The summed E-state index contributed by atoms with van der Waals surface area (Å²) >= 11 is 0. The number of nitrogens with one attached hydrogen (secondary N) is 2. The predicted molar refractivity (Wildman–Crippen MR) is 126 cm³/mol. The first kappa shape index (κ1) is 23.4. The molecular formula is C25H29N5O4. The van der Waals surface area contributed by atoms with E-state index in [4.69, 9.17) is 5.73 Å². The number of rotatable bonds is 6. The highest BCUT2D eigenvalue weighted by atomic mass is 16.2. The molecule has 0 aliphatic carbocycles. The van der Waals surface area contributed by atoms with E-state index >= 15 is 0 Å². The Bertz CT molecular complexity index is 1090. The summed E-state index contributed by atoms with van der Waals surface area (Å²) in [6, 6.07) is 13.1. The third kappa shape index (κ3) is 4.65. The maximum Gasteiger partial charge on any atom is 0.260 e. The van der Waals surface area contributed by atoms with E-state index in [0.717, 1.165) is 0 Å². The summed E-state index contributed by atoms with van der Waals surface area (Å²) in [4.78, 5) is 53.7. The second-order valence-corrected chi connectivity index (χ2v) is 9.13. The molecule has 2 aromatic rings. The van der Waals surface area contributed by atoms with Gasteiger partial charge in [-0.15, -0.1) is 0 Å². The first-order chi connectivity index (χ1) is 16.3. The Hall–Kier alpha value is -3.72. The molecule has 9 heteroatoms. The number of nitrogens with two attached hydrogens (primary N) is 1. The van der Waals surface area contributed by atoms with Gasteiger partial charge in [0.15, 0.2) is 5.78 Å². The largest absolute Gasteiger partial charge is 0.399 e. The molecule has 178 valence electrons. The average Bonchev–Trinajstić information content (AvgIpc) is 3.39. The maximum absolute atomic E-state index is 13.5. The standard InChI is InChI=1S/C25H29N5O4/c1-15(2)12-19(28-23(32)16-8-10-18(26)11-9-16)25(34)30-22-20(13-27-30)29(14-21(22)31)24(33)17-6-4-3-5-7-17/h3-11,15,19-20,22,27H,12-14,26H2,1-2H3,(H,28,32)/t19?,20?,22-/m0/s1. The molecule has 2 unspecified atom stereocenters. The number of likely N-dealkylation sites (tertiary alicyclic amines) is 1. The van der Waals surface area contributed by atoms with Gasteiger partial charge in [-0.3, -0.25) is 24.2 Å². The van der Waals surface area contributed by atoms with E-state index in [1.54, 1.807) is 48.5 Å². The Labute approximate surface area is 198 Å². The van der Waals surface area contributed by atoms with Gasteiger partial charge in [-0.1, -0.05) is 32.0 Å². The van der Waals surface area contributed by atoms with Crippen molar-refractivity contribution in [3.63, 3.8) is 0 Å². The van der Waals surface area contributed by atoms with E-state index in [1.165, 1.54) is 9.91 Å². The second-order valence-electron chi connectivity index (χ2n) is 9.13. The van der Waals surface area contributed by atoms with Gasteiger partial charge in [0.2, 0.25) is 0 Å². The molecular weight excluding hydrogens is 434 g/mol. The van der Waals surface area contributed by atoms with Crippen LogP contribution in [0.4, 0.5) is 5.69 Å². The zero-order valence-electron chi connectivity index (χ0n) is 19.2. The van der Waals surface area contributed by atoms with Gasteiger partial charge in [-0.25, -0.2) is 5.43 Å². The van der Waals surface area contributed by atoms with E-state index in [1.807, 2.05) is 19.9 Å². The van der Waals surface area contributed by atoms with Gasteiger partial charge in [-0.05, 0) is 48.7 Å². The Morgan fingerprint density at radius 3 is 2.38 bits per heavy atom. The molecule has 0 aromatic heterocycles. The summed E-state index contributed by atoms with van der Waals surface area (Å²) in [6.45, 7) is 4.13. The van der Waals surface area contributed by atoms with Crippen LogP contribution in [-0.2, 0) is 9.59 Å². The summed E-state index contributed by atoms with van der Waals surface area (Å²) in [6.07, 6.45) is 0.399. The molecule has 4 rings (SSSR count). The number of hydrogen-bond donors (Lipinski definition) is 3. The van der Waals surface area contributed by atoms with Crippen LogP contribution in [0.3, 0.4) is 0 Å². The van der Waals surface area contributed by atoms with E-state index in [9.17, 15) is 19.2 Å². The Morgan fingerprint density at radius 2 is 1.74 bits per heavy atom. The van der Waals surface area contributed by atoms with Gasteiger partial charge in [0, 0.05) is 23.4 Å². The fourth-order valence-electron chi connectivity index (χ4n) is 4.51. The van der Waals surface area contributed by atoms with Crippen LogP contribution in [0.25, 0.3) is 0 Å². The normalized spacial score (nSPS) is 20.4. The molecule has 2 heterocycles. The van der Waals surface area contributed by atoms with Crippen LogP contribution < -0.4 is 16.5 Å². The molecule has 4 N–H and O–H groups in total. The Kier molecular flexibility index (Phi) is 6.65. The van der Waals surface area contributed by atoms with Crippen molar-refractivity contribution in [3.8, 4) is 0 Å². The van der Waals surface area contributed by atoms with Crippen LogP contribution in [0.1, 0.15) is 41.0 Å². The SMILES string of the molecule is CC(C)CC(NC(=O)c1ccc(N)cc1)C(=O)N1NCC2[C@H]1C(=O)CN2C(=O)c1ccccc1. The Balaban J connectivity index is 1.51. The minimum atomic E-state index is -0.831. The third-order valence-electron chi connectivity index (χ3n) is 6.17. The first-order valence-corrected chi connectivity index (χ1v) is 11.4. The fourth-order valence-corrected chi connectivity index (χ4v) is 4.51. The van der Waals surface area contributed by atoms with Gasteiger partial charge in [0.05, 0.1) is 12.6 Å². The van der Waals surface area contributed by atoms with Gasteiger partial charge in [0.1, 0.15) is 12.1 Å². The van der Waals surface area contributed by atoms with Crippen LogP contribution in [0, 0.1) is 5.92 Å². The lowest BCUT2D eigenvalue weighted by molar-refractivity contribution is -0.141. The number of benzene rings is 2. The number of nitrogens with zero attached hydrogens (tertiary/aromatic N) is 2. The van der Waals surface area contributed by atoms with Gasteiger partial charge in [-0.2, -0.15) is 0 Å². The monoisotopic (exact) mass is 463 g/mol. The maximum atomic E-state index is 13.5. The number of hydrazine groups is 1. The number of ketones is 1. The van der Waals surface area contributed by atoms with E-state index in [2.05, 4.69) is 10.7 Å². The molecule has 0 saturated carbocycles. The first-order valence-electron chi connectivity index (χ1n) is 11.4. The summed E-state index contributed by atoms with van der Waals surface area (Å²) in [7, 11) is 0. The lowest BCUT2D eigenvalue weighted by Crippen LogP contribution is -2.55. The summed E-state index contributed by atoms with van der Waals surface area (Å²) in [5.41, 5.74) is 10.1. The Morgan fingerprint density at radius 1 is 1.06 bits per heavy atom. The molecule has 2 fully saturated rings. The minimum absolute atomic E-state index is 0.0544. The van der Waals surface area contributed by atoms with Gasteiger partial charge < -0.3 is 16.0 Å². The molecule has 9 nitrogen and oxygen atoms in total. The average molecular weight is 464 g/mol. The zero-order chi connectivity index (χ0) is 24.4. The third-order valence-corrected chi connectivity index (χ3v) is 6.17. The van der Waals surface area contributed by atoms with Crippen molar-refractivity contribution in [2.45, 2.75) is 38.4 Å². The van der Waals surface area contributed by atoms with Crippen molar-refractivity contribution < 1.29 is 19.2 Å². The van der Waals surface area contributed by atoms with E-state index in [0.29, 0.717) is 23.2 Å². The molecule has 3 atom stereocenters. The second kappa shape index (κ2) is 9.64. The quantitative estimate of drug-likeness (QED) is 0.554. The molecule has 3 amide bonds. The van der Waals surface area contributed by atoms with Crippen molar-refractivity contribution in [3.05, 3.63) is 65.7 Å². The zero-order valence-corrected chi connectivity index (χ0v) is 19.2. The molecule has 0 radical (unpaired) electrons. The van der Waals surface area contributed by atoms with Crippen LogP contribution in [0.15, 0.2) is 54.6 Å². The number of hydrogen-bond acceptors (Lipinski definition) is 6. The number of carbonyl (C=O) groups excluding carboxylic acids is 4. The van der Waals surface area contributed by atoms with Crippen molar-refractivity contribution >= 4 is 29.2 Å². The van der Waals surface area contributed by atoms with Crippen LogP contribution in [0.2, 0.25) is 0 Å². The summed E-state index contributed by atoms with van der Waals surface area (Å²) in [5.74, 6) is -1.12. The molecule has 2 aliphatic rings. The van der Waals surface area contributed by atoms with Crippen LogP contribution >= 0.6 is 0 Å². The number of nitrogen functional groups attached to an aromatic ring is 1. The number of Topliss-reactive ketones (excluding diaryl/α,β-unsaturated/α-hetero) is 1. The minimum Gasteiger partial charge on any atom is -0.399 e. The molecule has 34 heavy (non-hydrogen) atoms. The smallest absolute Gasteiger partial charge is 0.260 e. The predicted octanol–water partition coefficient (Wildman–Crippen LogP) is 1.22. The van der Waals surface area contributed by atoms with E-state index in [-0.39, 0.29) is 30.7 Å². The lowest BCUT2D eigenvalue weighted by atomic mass is 10.0. The molecule has 2 aromatic carbocycles. The van der Waals surface area contributed by atoms with Crippen LogP contribution in [0.5, 0.6) is 0 Å². The molecule has 2 saturated heterocycles.